The lowest BCUT2D eigenvalue weighted by molar-refractivity contribution is -0.453. The molecular weight excluding hydrogens is 308 g/mol. The summed E-state index contributed by atoms with van der Waals surface area (Å²) in [5.74, 6) is -2.16. The number of methoxy groups -OCH3 is 1. The summed E-state index contributed by atoms with van der Waals surface area (Å²) in [6.07, 6.45) is -5.13. The highest BCUT2D eigenvalue weighted by atomic mass is 16.8. The Hall–Kier alpha value is -0.360. The molecule has 1 saturated heterocycles. The van der Waals surface area contributed by atoms with Gasteiger partial charge < -0.3 is 45.3 Å². The molecule has 0 bridgehead atoms. The summed E-state index contributed by atoms with van der Waals surface area (Å²) in [4.78, 5) is 0. The highest BCUT2D eigenvalue weighted by molar-refractivity contribution is 5.09. The molecule has 23 heavy (non-hydrogen) atoms. The van der Waals surface area contributed by atoms with Crippen molar-refractivity contribution in [2.75, 3.05) is 21.2 Å². The Morgan fingerprint density at radius 1 is 1.04 bits per heavy atom. The number of fused-ring (bicyclic) bond motifs is 1. The van der Waals surface area contributed by atoms with Crippen LogP contribution in [-0.4, -0.2) is 95.8 Å². The first-order valence-corrected chi connectivity index (χ1v) is 7.63. The van der Waals surface area contributed by atoms with Crippen molar-refractivity contribution >= 4 is 0 Å². The largest absolute Gasteiger partial charge is 0.390 e. The van der Waals surface area contributed by atoms with Gasteiger partial charge in [-0.25, -0.2) is 0 Å². The van der Waals surface area contributed by atoms with Crippen LogP contribution in [0.3, 0.4) is 0 Å². The summed E-state index contributed by atoms with van der Waals surface area (Å²) in [7, 11) is 4.55. The van der Waals surface area contributed by atoms with E-state index >= 15 is 0 Å². The van der Waals surface area contributed by atoms with Crippen LogP contribution in [0.5, 0.6) is 0 Å². The normalized spacial score (nSPS) is 48.1. The number of hydrogen-bond donors (Lipinski definition) is 6. The van der Waals surface area contributed by atoms with Crippen LogP contribution in [0.1, 0.15) is 13.8 Å². The summed E-state index contributed by atoms with van der Waals surface area (Å²) in [5.41, 5.74) is -1.70. The highest BCUT2D eigenvalue weighted by Crippen LogP contribution is 2.40. The molecule has 0 spiro atoms. The van der Waals surface area contributed by atoms with Gasteiger partial charge in [0.25, 0.3) is 0 Å². The first-order chi connectivity index (χ1) is 10.6. The molecule has 6 N–H and O–H groups in total. The van der Waals surface area contributed by atoms with Gasteiger partial charge in [0.1, 0.15) is 23.9 Å². The molecule has 2 rings (SSSR count). The van der Waals surface area contributed by atoms with Crippen LogP contribution >= 0.6 is 0 Å². The standard InChI is InChI=1S/C14H28N2O7/c1-13(2,19)14(20)12(21-5)22-11-9(18)6(15-3)8(17)7(16-4)10(11)23-14/h6-12,15-20H,1-5H3. The highest BCUT2D eigenvalue weighted by Gasteiger charge is 2.63. The molecule has 1 aliphatic heterocycles. The Morgan fingerprint density at radius 2 is 1.61 bits per heavy atom. The van der Waals surface area contributed by atoms with E-state index in [1.807, 2.05) is 0 Å². The van der Waals surface area contributed by atoms with Gasteiger partial charge in [0.2, 0.25) is 12.1 Å². The molecule has 0 aromatic rings. The second-order valence-corrected chi connectivity index (χ2v) is 6.62. The monoisotopic (exact) mass is 336 g/mol. The van der Waals surface area contributed by atoms with Crippen molar-refractivity contribution in [3.05, 3.63) is 0 Å². The van der Waals surface area contributed by atoms with Crippen LogP contribution in [0.4, 0.5) is 0 Å². The molecule has 9 nitrogen and oxygen atoms in total. The summed E-state index contributed by atoms with van der Waals surface area (Å²) >= 11 is 0. The van der Waals surface area contributed by atoms with Crippen molar-refractivity contribution in [3.8, 4) is 0 Å². The van der Waals surface area contributed by atoms with Crippen molar-refractivity contribution in [2.45, 2.75) is 68.0 Å². The number of aliphatic hydroxyl groups excluding tert-OH is 2. The Morgan fingerprint density at radius 3 is 2.04 bits per heavy atom. The molecule has 0 aromatic carbocycles. The molecule has 0 radical (unpaired) electrons. The summed E-state index contributed by atoms with van der Waals surface area (Å²) < 4.78 is 16.6. The molecule has 1 aliphatic carbocycles. The van der Waals surface area contributed by atoms with Gasteiger partial charge in [-0.3, -0.25) is 0 Å². The van der Waals surface area contributed by atoms with Crippen molar-refractivity contribution in [1.82, 2.24) is 10.6 Å². The van der Waals surface area contributed by atoms with Gasteiger partial charge in [0.15, 0.2) is 0 Å². The van der Waals surface area contributed by atoms with E-state index in [9.17, 15) is 20.4 Å². The van der Waals surface area contributed by atoms with Crippen molar-refractivity contribution < 1.29 is 34.6 Å². The van der Waals surface area contributed by atoms with Crippen molar-refractivity contribution in [2.24, 2.45) is 0 Å². The van der Waals surface area contributed by atoms with Crippen LogP contribution in [0, 0.1) is 0 Å². The van der Waals surface area contributed by atoms with Gasteiger partial charge in [0.05, 0.1) is 18.2 Å². The number of nitrogens with one attached hydrogen (secondary N) is 2. The Kier molecular flexibility index (Phi) is 5.37. The van der Waals surface area contributed by atoms with E-state index < -0.39 is 54.2 Å². The van der Waals surface area contributed by atoms with E-state index in [1.54, 1.807) is 14.1 Å². The molecule has 2 aliphatic rings. The molecule has 8 unspecified atom stereocenters. The van der Waals surface area contributed by atoms with E-state index in [1.165, 1.54) is 21.0 Å². The van der Waals surface area contributed by atoms with Crippen LogP contribution in [0.25, 0.3) is 0 Å². The van der Waals surface area contributed by atoms with Gasteiger partial charge in [-0.15, -0.1) is 0 Å². The fraction of sp³-hybridized carbons (Fsp3) is 1.00. The van der Waals surface area contributed by atoms with E-state index in [2.05, 4.69) is 10.6 Å². The van der Waals surface area contributed by atoms with E-state index in [0.717, 1.165) is 0 Å². The van der Waals surface area contributed by atoms with Gasteiger partial charge in [-0.1, -0.05) is 0 Å². The predicted octanol–water partition coefficient (Wildman–Crippen LogP) is -2.89. The zero-order valence-corrected chi connectivity index (χ0v) is 14.1. The number of ether oxygens (including phenoxy) is 3. The van der Waals surface area contributed by atoms with Crippen LogP contribution < -0.4 is 10.6 Å². The molecule has 0 amide bonds. The lowest BCUT2D eigenvalue weighted by Gasteiger charge is -2.56. The third kappa shape index (κ3) is 2.90. The van der Waals surface area contributed by atoms with Crippen molar-refractivity contribution in [1.29, 1.82) is 0 Å². The fourth-order valence-electron chi connectivity index (χ4n) is 3.34. The Bertz CT molecular complexity index is 418. The third-order valence-electron chi connectivity index (χ3n) is 4.79. The summed E-state index contributed by atoms with van der Waals surface area (Å²) in [6, 6.07) is -1.28. The average molecular weight is 336 g/mol. The maximum Gasteiger partial charge on any atom is 0.247 e. The van der Waals surface area contributed by atoms with Gasteiger partial charge in [-0.05, 0) is 27.9 Å². The van der Waals surface area contributed by atoms with Crippen molar-refractivity contribution in [3.63, 3.8) is 0 Å². The minimum atomic E-state index is -2.16. The number of likely N-dealkylation sites (N-methyl/N-ethyl adjacent to an activating group) is 2. The zero-order chi connectivity index (χ0) is 17.6. The quantitative estimate of drug-likeness (QED) is 0.320. The SMILES string of the molecule is CNC1C(O)C(NC)C2OC(O)(C(C)(C)O)C(OC)OC2C1O. The maximum atomic E-state index is 10.8. The number of aliphatic hydroxyl groups is 4. The minimum absolute atomic E-state index is 0.632. The molecule has 2 fully saturated rings. The topological polar surface area (TPSA) is 133 Å². The Labute approximate surface area is 135 Å². The van der Waals surface area contributed by atoms with Gasteiger partial charge >= 0.3 is 0 Å². The van der Waals surface area contributed by atoms with Gasteiger partial charge in [0, 0.05) is 7.11 Å². The maximum absolute atomic E-state index is 10.8. The third-order valence-corrected chi connectivity index (χ3v) is 4.79. The number of rotatable bonds is 4. The average Bonchev–Trinajstić information content (AvgIpc) is 2.46. The van der Waals surface area contributed by atoms with Crippen LogP contribution in [-0.2, 0) is 14.2 Å². The minimum Gasteiger partial charge on any atom is -0.390 e. The van der Waals surface area contributed by atoms with Gasteiger partial charge in [-0.2, -0.15) is 0 Å². The lowest BCUT2D eigenvalue weighted by Crippen LogP contribution is -2.78. The molecule has 136 valence electrons. The first-order valence-electron chi connectivity index (χ1n) is 7.63. The molecule has 9 heteroatoms. The fourth-order valence-corrected chi connectivity index (χ4v) is 3.34. The van der Waals surface area contributed by atoms with Crippen LogP contribution in [0.15, 0.2) is 0 Å². The predicted molar refractivity (Wildman–Crippen MR) is 79.5 cm³/mol. The summed E-state index contributed by atoms with van der Waals surface area (Å²) in [5, 5.41) is 47.8. The number of hydrogen-bond acceptors (Lipinski definition) is 9. The molecule has 8 atom stereocenters. The lowest BCUT2D eigenvalue weighted by atomic mass is 9.79. The second kappa shape index (κ2) is 6.51. The second-order valence-electron chi connectivity index (χ2n) is 6.62. The summed E-state index contributed by atoms with van der Waals surface area (Å²) in [6.45, 7) is 2.73. The molecule has 1 saturated carbocycles. The zero-order valence-electron chi connectivity index (χ0n) is 14.1. The Balaban J connectivity index is 2.39. The van der Waals surface area contributed by atoms with E-state index in [-0.39, 0.29) is 0 Å². The van der Waals surface area contributed by atoms with E-state index in [4.69, 9.17) is 14.2 Å². The van der Waals surface area contributed by atoms with Crippen LogP contribution in [0.2, 0.25) is 0 Å². The van der Waals surface area contributed by atoms with E-state index in [0.29, 0.717) is 0 Å². The molecule has 0 aromatic heterocycles. The molecular formula is C14H28N2O7. The molecule has 1 heterocycles. The smallest absolute Gasteiger partial charge is 0.247 e. The first kappa shape index (κ1) is 19.0.